The molecule has 0 aromatic carbocycles. The van der Waals surface area contributed by atoms with Gasteiger partial charge in [-0.25, -0.2) is 4.39 Å². The van der Waals surface area contributed by atoms with Gasteiger partial charge in [0.1, 0.15) is 0 Å². The van der Waals surface area contributed by atoms with Crippen molar-refractivity contribution in [1.29, 1.82) is 0 Å². The van der Waals surface area contributed by atoms with Crippen LogP contribution < -0.4 is 0 Å². The topological polar surface area (TPSA) is 43.4 Å². The van der Waals surface area contributed by atoms with Crippen LogP contribution in [0, 0.1) is 0 Å². The summed E-state index contributed by atoms with van der Waals surface area (Å²) in [6, 6.07) is 0. The summed E-state index contributed by atoms with van der Waals surface area (Å²) in [6.07, 6.45) is 15.2. The van der Waals surface area contributed by atoms with E-state index in [0.717, 1.165) is 38.5 Å². The Balaban J connectivity index is 0. The molecule has 0 rings (SSSR count). The molecular formula is C27H59FNO3S+. The Morgan fingerprint density at radius 3 is 1.33 bits per heavy atom. The van der Waals surface area contributed by atoms with Crippen LogP contribution in [0.25, 0.3) is 0 Å². The molecule has 0 saturated carbocycles. The molecule has 0 amide bonds. The third-order valence-electron chi connectivity index (χ3n) is 7.03. The molecule has 0 saturated heterocycles. The van der Waals surface area contributed by atoms with E-state index < -0.39 is 15.6 Å². The number of quaternary nitrogens is 1. The SMILES string of the molecule is CCCCCCCCCCCOS(=O)(=O)C(F)CCCCCCC.CC[N+](CC)(CC)CC. The Morgan fingerprint density at radius 1 is 0.606 bits per heavy atom. The zero-order valence-corrected chi connectivity index (χ0v) is 24.0. The molecule has 6 heteroatoms. The second-order valence-electron chi connectivity index (χ2n) is 9.36. The Kier molecular flexibility index (Phi) is 24.9. The van der Waals surface area contributed by atoms with Crippen LogP contribution in [-0.2, 0) is 14.3 Å². The predicted molar refractivity (Wildman–Crippen MR) is 143 cm³/mol. The highest BCUT2D eigenvalue weighted by molar-refractivity contribution is 7.87. The molecule has 0 bridgehead atoms. The number of nitrogens with zero attached hydrogens (tertiary/aromatic N) is 1. The zero-order chi connectivity index (χ0) is 25.4. The van der Waals surface area contributed by atoms with Crippen molar-refractivity contribution in [3.63, 3.8) is 0 Å². The van der Waals surface area contributed by atoms with E-state index in [1.54, 1.807) is 0 Å². The van der Waals surface area contributed by atoms with E-state index in [4.69, 9.17) is 4.18 Å². The molecule has 4 nitrogen and oxygen atoms in total. The molecule has 0 aliphatic rings. The third-order valence-corrected chi connectivity index (χ3v) is 8.38. The number of hydrogen-bond donors (Lipinski definition) is 0. The Morgan fingerprint density at radius 2 is 0.970 bits per heavy atom. The summed E-state index contributed by atoms with van der Waals surface area (Å²) in [4.78, 5) is 0. The second kappa shape index (κ2) is 23.5. The number of halogens is 1. The van der Waals surface area contributed by atoms with Gasteiger partial charge in [-0.1, -0.05) is 90.9 Å². The average Bonchev–Trinajstić information content (AvgIpc) is 2.82. The molecule has 0 radical (unpaired) electrons. The lowest BCUT2D eigenvalue weighted by molar-refractivity contribution is -0.921. The van der Waals surface area contributed by atoms with E-state index in [-0.39, 0.29) is 13.0 Å². The standard InChI is InChI=1S/C19H39FO3S.C8H20N/c1-3-5-7-9-10-11-12-14-16-18-23-24(21,22)19(20)17-15-13-8-6-4-2;1-5-9(6-2,7-3)8-4/h19H,3-18H2,1-2H3;5-8H2,1-4H3/q;+1. The van der Waals surface area contributed by atoms with E-state index in [1.807, 2.05) is 0 Å². The van der Waals surface area contributed by atoms with Crippen molar-refractivity contribution in [3.05, 3.63) is 0 Å². The highest BCUT2D eigenvalue weighted by atomic mass is 32.2. The Hall–Kier alpha value is -0.200. The highest BCUT2D eigenvalue weighted by Crippen LogP contribution is 2.16. The summed E-state index contributed by atoms with van der Waals surface area (Å²) in [5, 5.41) is 0. The fourth-order valence-electron chi connectivity index (χ4n) is 4.06. The molecule has 0 aliphatic heterocycles. The van der Waals surface area contributed by atoms with Crippen LogP contribution in [0.3, 0.4) is 0 Å². The van der Waals surface area contributed by atoms with Crippen LogP contribution in [-0.4, -0.2) is 51.2 Å². The fraction of sp³-hybridized carbons (Fsp3) is 1.00. The lowest BCUT2D eigenvalue weighted by Gasteiger charge is -2.34. The molecule has 33 heavy (non-hydrogen) atoms. The van der Waals surface area contributed by atoms with Crippen LogP contribution >= 0.6 is 0 Å². The number of rotatable bonds is 22. The van der Waals surface area contributed by atoms with Gasteiger partial charge in [0.15, 0.2) is 0 Å². The van der Waals surface area contributed by atoms with Crippen molar-refractivity contribution in [1.82, 2.24) is 0 Å². The molecule has 0 aromatic rings. The number of unbranched alkanes of at least 4 members (excludes halogenated alkanes) is 12. The van der Waals surface area contributed by atoms with Crippen LogP contribution in [0.4, 0.5) is 4.39 Å². The summed E-state index contributed by atoms with van der Waals surface area (Å²) in [6.45, 7) is 18.7. The maximum atomic E-state index is 13.8. The van der Waals surface area contributed by atoms with Crippen molar-refractivity contribution < 1.29 is 21.5 Å². The molecule has 0 heterocycles. The monoisotopic (exact) mass is 496 g/mol. The van der Waals surface area contributed by atoms with Gasteiger partial charge in [0.25, 0.3) is 10.1 Å². The lowest BCUT2D eigenvalue weighted by atomic mass is 10.1. The molecule has 0 aromatic heterocycles. The average molecular weight is 497 g/mol. The van der Waals surface area contributed by atoms with Crippen molar-refractivity contribution in [3.8, 4) is 0 Å². The minimum Gasteiger partial charge on any atom is -0.325 e. The van der Waals surface area contributed by atoms with E-state index in [1.165, 1.54) is 69.2 Å². The maximum Gasteiger partial charge on any atom is 0.299 e. The van der Waals surface area contributed by atoms with Crippen LogP contribution in [0.5, 0.6) is 0 Å². The van der Waals surface area contributed by atoms with E-state index in [0.29, 0.717) is 12.8 Å². The largest absolute Gasteiger partial charge is 0.325 e. The van der Waals surface area contributed by atoms with Gasteiger partial charge in [-0.3, -0.25) is 4.18 Å². The van der Waals surface area contributed by atoms with Gasteiger partial charge in [0, 0.05) is 0 Å². The Labute approximate surface area is 207 Å². The van der Waals surface area contributed by atoms with Crippen molar-refractivity contribution in [2.24, 2.45) is 0 Å². The van der Waals surface area contributed by atoms with Gasteiger partial charge in [-0.2, -0.15) is 8.42 Å². The van der Waals surface area contributed by atoms with Crippen LogP contribution in [0.2, 0.25) is 0 Å². The van der Waals surface area contributed by atoms with Gasteiger partial charge >= 0.3 is 0 Å². The second-order valence-corrected chi connectivity index (χ2v) is 11.1. The van der Waals surface area contributed by atoms with Crippen molar-refractivity contribution in [2.45, 2.75) is 143 Å². The molecule has 1 atom stereocenters. The molecule has 1 unspecified atom stereocenters. The predicted octanol–water partition coefficient (Wildman–Crippen LogP) is 8.40. The minimum absolute atomic E-state index is 0.0593. The maximum absolute atomic E-state index is 13.8. The molecular weight excluding hydrogens is 437 g/mol. The summed E-state index contributed by atoms with van der Waals surface area (Å²) in [7, 11) is -4.03. The summed E-state index contributed by atoms with van der Waals surface area (Å²) in [5.41, 5.74) is -1.86. The minimum atomic E-state index is -4.03. The fourth-order valence-corrected chi connectivity index (χ4v) is 5.01. The third kappa shape index (κ3) is 19.8. The van der Waals surface area contributed by atoms with Gasteiger partial charge in [-0.15, -0.1) is 0 Å². The first-order chi connectivity index (χ1) is 15.8. The van der Waals surface area contributed by atoms with Gasteiger partial charge < -0.3 is 4.48 Å². The normalized spacial score (nSPS) is 12.9. The zero-order valence-electron chi connectivity index (χ0n) is 23.2. The molecule has 0 fully saturated rings. The van der Waals surface area contributed by atoms with Gasteiger partial charge in [-0.05, 0) is 47.0 Å². The Bertz CT molecular complexity index is 478. The van der Waals surface area contributed by atoms with E-state index >= 15 is 0 Å². The van der Waals surface area contributed by atoms with Crippen LogP contribution in [0.15, 0.2) is 0 Å². The smallest absolute Gasteiger partial charge is 0.299 e. The van der Waals surface area contributed by atoms with Crippen molar-refractivity contribution in [2.75, 3.05) is 32.8 Å². The molecule has 0 spiro atoms. The summed E-state index contributed by atoms with van der Waals surface area (Å²) < 4.78 is 43.2. The van der Waals surface area contributed by atoms with E-state index in [9.17, 15) is 12.8 Å². The number of hydrogen-bond acceptors (Lipinski definition) is 3. The first-order valence-corrected chi connectivity index (χ1v) is 15.6. The molecule has 202 valence electrons. The molecule has 0 aliphatic carbocycles. The number of alkyl halides is 1. The quantitative estimate of drug-likeness (QED) is 0.0858. The highest BCUT2D eigenvalue weighted by Gasteiger charge is 2.25. The molecule has 0 N–H and O–H groups in total. The van der Waals surface area contributed by atoms with Crippen LogP contribution in [0.1, 0.15) is 138 Å². The van der Waals surface area contributed by atoms with Gasteiger partial charge in [0.05, 0.1) is 32.8 Å². The first-order valence-electron chi connectivity index (χ1n) is 14.2. The summed E-state index contributed by atoms with van der Waals surface area (Å²) >= 11 is 0. The van der Waals surface area contributed by atoms with Gasteiger partial charge in [0.2, 0.25) is 5.50 Å². The van der Waals surface area contributed by atoms with Crippen molar-refractivity contribution >= 4 is 10.1 Å². The summed E-state index contributed by atoms with van der Waals surface area (Å²) in [5.74, 6) is 0. The van der Waals surface area contributed by atoms with E-state index in [2.05, 4.69) is 41.5 Å². The lowest BCUT2D eigenvalue weighted by Crippen LogP contribution is -2.47. The first kappa shape index (κ1) is 35.0.